The molecule has 0 aliphatic carbocycles. The monoisotopic (exact) mass is 99.1 g/mol. The second-order valence-corrected chi connectivity index (χ2v) is 1.22. The van der Waals surface area contributed by atoms with Gasteiger partial charge in [-0.15, -0.1) is 0 Å². The van der Waals surface area contributed by atoms with E-state index in [0.29, 0.717) is 0 Å². The Bertz CT molecular complexity index is 25.2. The highest BCUT2D eigenvalue weighted by Crippen LogP contribution is 1.85. The van der Waals surface area contributed by atoms with E-state index in [1.165, 1.54) is 0 Å². The van der Waals surface area contributed by atoms with Crippen LogP contribution in [0.25, 0.3) is 0 Å². The molecular formula is C4H8BO2. The van der Waals surface area contributed by atoms with Crippen LogP contribution in [0.2, 0.25) is 0 Å². The fourth-order valence-corrected chi connectivity index (χ4v) is 0.440. The van der Waals surface area contributed by atoms with Crippen LogP contribution in [0.15, 0.2) is 0 Å². The minimum absolute atomic E-state index is 0. The lowest BCUT2D eigenvalue weighted by Crippen LogP contribution is -2.16. The van der Waals surface area contributed by atoms with Crippen molar-refractivity contribution in [2.24, 2.45) is 0 Å². The molecule has 0 amide bonds. The Morgan fingerprint density at radius 1 is 0.714 bits per heavy atom. The molecule has 2 nitrogen and oxygen atoms in total. The summed E-state index contributed by atoms with van der Waals surface area (Å²) in [6.45, 7) is 3.11. The summed E-state index contributed by atoms with van der Waals surface area (Å²) in [5, 5.41) is 0. The molecule has 1 fully saturated rings. The normalized spacial score (nSPS) is 20.6. The van der Waals surface area contributed by atoms with Gasteiger partial charge in [0.15, 0.2) is 0 Å². The molecule has 3 heteroatoms. The van der Waals surface area contributed by atoms with Crippen molar-refractivity contribution >= 4 is 8.41 Å². The first-order chi connectivity index (χ1) is 3.00. The zero-order valence-corrected chi connectivity index (χ0v) is 4.22. The van der Waals surface area contributed by atoms with Gasteiger partial charge in [-0.2, -0.15) is 0 Å². The Labute approximate surface area is 45.4 Å². The average Bonchev–Trinajstić information content (AvgIpc) is 1.72. The third-order valence-electron chi connectivity index (χ3n) is 0.744. The zero-order valence-electron chi connectivity index (χ0n) is 4.22. The molecule has 0 spiro atoms. The summed E-state index contributed by atoms with van der Waals surface area (Å²) in [4.78, 5) is 0. The smallest absolute Gasteiger partial charge is 0.0701 e. The lowest BCUT2D eigenvalue weighted by molar-refractivity contribution is -0.0334. The predicted molar refractivity (Wildman–Crippen MR) is 27.4 cm³/mol. The van der Waals surface area contributed by atoms with E-state index in [0.717, 1.165) is 26.4 Å². The van der Waals surface area contributed by atoms with Crippen LogP contribution in [-0.4, -0.2) is 34.8 Å². The van der Waals surface area contributed by atoms with Crippen LogP contribution in [0, 0.1) is 0 Å². The van der Waals surface area contributed by atoms with Crippen molar-refractivity contribution in [2.45, 2.75) is 0 Å². The minimum atomic E-state index is 0. The van der Waals surface area contributed by atoms with E-state index < -0.39 is 0 Å². The summed E-state index contributed by atoms with van der Waals surface area (Å²) < 4.78 is 9.89. The minimum Gasteiger partial charge on any atom is -0.377 e. The Kier molecular flexibility index (Phi) is 4.14. The molecule has 0 bridgehead atoms. The van der Waals surface area contributed by atoms with Crippen molar-refractivity contribution in [1.29, 1.82) is 0 Å². The topological polar surface area (TPSA) is 18.5 Å². The fourth-order valence-electron chi connectivity index (χ4n) is 0.440. The lowest BCUT2D eigenvalue weighted by atomic mass is 10.6. The maximum Gasteiger partial charge on any atom is 0.0701 e. The first-order valence-corrected chi connectivity index (χ1v) is 2.15. The highest BCUT2D eigenvalue weighted by Gasteiger charge is 1.94. The number of ether oxygens (including phenoxy) is 2. The molecule has 1 heterocycles. The molecular weight excluding hydrogens is 90.9 g/mol. The standard InChI is InChI=1S/C4H8O2.B/c1-2-6-4-3-5-1;/h1-4H2;. The maximum atomic E-state index is 4.94. The number of rotatable bonds is 0. The van der Waals surface area contributed by atoms with Gasteiger partial charge < -0.3 is 9.47 Å². The molecule has 7 heavy (non-hydrogen) atoms. The Hall–Kier alpha value is -0.0151. The van der Waals surface area contributed by atoms with E-state index >= 15 is 0 Å². The summed E-state index contributed by atoms with van der Waals surface area (Å²) in [7, 11) is 0. The van der Waals surface area contributed by atoms with E-state index in [2.05, 4.69) is 0 Å². The van der Waals surface area contributed by atoms with Crippen molar-refractivity contribution in [3.63, 3.8) is 0 Å². The summed E-state index contributed by atoms with van der Waals surface area (Å²) >= 11 is 0. The zero-order chi connectivity index (χ0) is 4.24. The molecule has 0 N–H and O–H groups in total. The van der Waals surface area contributed by atoms with Gasteiger partial charge in [0.1, 0.15) is 0 Å². The summed E-state index contributed by atoms with van der Waals surface area (Å²) in [5.74, 6) is 0. The molecule has 0 saturated carbocycles. The van der Waals surface area contributed by atoms with Crippen molar-refractivity contribution in [3.05, 3.63) is 0 Å². The van der Waals surface area contributed by atoms with Gasteiger partial charge in [-0.25, -0.2) is 0 Å². The van der Waals surface area contributed by atoms with E-state index in [9.17, 15) is 0 Å². The Morgan fingerprint density at radius 2 is 1.00 bits per heavy atom. The summed E-state index contributed by atoms with van der Waals surface area (Å²) in [6.07, 6.45) is 0. The van der Waals surface area contributed by atoms with Gasteiger partial charge in [0.2, 0.25) is 0 Å². The van der Waals surface area contributed by atoms with Crippen LogP contribution in [0.3, 0.4) is 0 Å². The van der Waals surface area contributed by atoms with Gasteiger partial charge >= 0.3 is 0 Å². The van der Waals surface area contributed by atoms with E-state index in [4.69, 9.17) is 9.47 Å². The molecule has 0 aromatic carbocycles. The van der Waals surface area contributed by atoms with E-state index in [-0.39, 0.29) is 8.41 Å². The van der Waals surface area contributed by atoms with Crippen LogP contribution in [0.5, 0.6) is 0 Å². The van der Waals surface area contributed by atoms with Crippen molar-refractivity contribution in [2.75, 3.05) is 26.4 Å². The van der Waals surface area contributed by atoms with Crippen LogP contribution in [0.4, 0.5) is 0 Å². The highest BCUT2D eigenvalue weighted by molar-refractivity contribution is 5.75. The first kappa shape index (κ1) is 6.98. The molecule has 1 saturated heterocycles. The third kappa shape index (κ3) is 2.65. The largest absolute Gasteiger partial charge is 0.377 e. The van der Waals surface area contributed by atoms with Crippen molar-refractivity contribution in [1.82, 2.24) is 0 Å². The Morgan fingerprint density at radius 3 is 1.14 bits per heavy atom. The quantitative estimate of drug-likeness (QED) is 0.386. The number of hydrogen-bond acceptors (Lipinski definition) is 2. The third-order valence-corrected chi connectivity index (χ3v) is 0.744. The van der Waals surface area contributed by atoms with Crippen LogP contribution >= 0.6 is 0 Å². The maximum absolute atomic E-state index is 4.94. The Balaban J connectivity index is 0.000000360. The second-order valence-electron chi connectivity index (χ2n) is 1.22. The van der Waals surface area contributed by atoms with E-state index in [1.807, 2.05) is 0 Å². The summed E-state index contributed by atoms with van der Waals surface area (Å²) in [6, 6.07) is 0. The second kappa shape index (κ2) is 4.15. The lowest BCUT2D eigenvalue weighted by Gasteiger charge is -2.09. The van der Waals surface area contributed by atoms with Gasteiger partial charge in [-0.3, -0.25) is 0 Å². The van der Waals surface area contributed by atoms with Crippen molar-refractivity contribution in [3.8, 4) is 0 Å². The summed E-state index contributed by atoms with van der Waals surface area (Å²) in [5.41, 5.74) is 0. The SMILES string of the molecule is C1COCCO1.[B]. The molecule has 1 aliphatic heterocycles. The molecule has 39 valence electrons. The van der Waals surface area contributed by atoms with Crippen molar-refractivity contribution < 1.29 is 9.47 Å². The molecule has 0 atom stereocenters. The average molecular weight is 98.9 g/mol. The molecule has 3 radical (unpaired) electrons. The molecule has 0 unspecified atom stereocenters. The molecule has 0 aromatic heterocycles. The predicted octanol–water partition coefficient (Wildman–Crippen LogP) is -0.348. The van der Waals surface area contributed by atoms with E-state index in [1.54, 1.807) is 0 Å². The van der Waals surface area contributed by atoms with Gasteiger partial charge in [-0.1, -0.05) is 0 Å². The van der Waals surface area contributed by atoms with Gasteiger partial charge in [0, 0.05) is 8.41 Å². The van der Waals surface area contributed by atoms with Gasteiger partial charge in [0.25, 0.3) is 0 Å². The first-order valence-electron chi connectivity index (χ1n) is 2.15. The van der Waals surface area contributed by atoms with Crippen LogP contribution in [-0.2, 0) is 9.47 Å². The molecule has 1 aliphatic rings. The molecule has 1 rings (SSSR count). The number of hydrogen-bond donors (Lipinski definition) is 0. The molecule has 0 aromatic rings. The van der Waals surface area contributed by atoms with Crippen LogP contribution in [0.1, 0.15) is 0 Å². The van der Waals surface area contributed by atoms with Crippen LogP contribution < -0.4 is 0 Å². The fraction of sp³-hybridized carbons (Fsp3) is 1.00. The van der Waals surface area contributed by atoms with Gasteiger partial charge in [0.05, 0.1) is 26.4 Å². The highest BCUT2D eigenvalue weighted by atomic mass is 16.6. The van der Waals surface area contributed by atoms with Gasteiger partial charge in [-0.05, 0) is 0 Å².